The van der Waals surface area contributed by atoms with Gasteiger partial charge in [0.25, 0.3) is 0 Å². The Morgan fingerprint density at radius 2 is 1.88 bits per heavy atom. The molecule has 0 spiro atoms. The lowest BCUT2D eigenvalue weighted by molar-refractivity contribution is -0.190. The zero-order chi connectivity index (χ0) is 18.4. The molecule has 2 amide bonds. The van der Waals surface area contributed by atoms with Crippen molar-refractivity contribution < 1.29 is 14.3 Å². The lowest BCUT2D eigenvalue weighted by Crippen LogP contribution is -2.59. The number of amides is 2. The maximum Gasteiger partial charge on any atom is 0.228 e. The second-order valence-electron chi connectivity index (χ2n) is 8.36. The topological polar surface area (TPSA) is 62.7 Å². The van der Waals surface area contributed by atoms with Gasteiger partial charge in [0.15, 0.2) is 0 Å². The third-order valence-electron chi connectivity index (χ3n) is 4.94. The Balaban J connectivity index is 1.88. The van der Waals surface area contributed by atoms with E-state index in [9.17, 15) is 9.59 Å². The summed E-state index contributed by atoms with van der Waals surface area (Å²) in [5, 5.41) is 0. The highest BCUT2D eigenvalue weighted by Gasteiger charge is 2.47. The summed E-state index contributed by atoms with van der Waals surface area (Å²) in [7, 11) is 1.76. The molecule has 0 unspecified atom stereocenters. The average Bonchev–Trinajstić information content (AvgIpc) is 2.80. The molecule has 3 heterocycles. The normalized spacial score (nSPS) is 28.3. The Kier molecular flexibility index (Phi) is 4.35. The van der Waals surface area contributed by atoms with Crippen molar-refractivity contribution in [2.75, 3.05) is 20.1 Å². The summed E-state index contributed by atoms with van der Waals surface area (Å²) in [4.78, 5) is 33.3. The number of hydrogen-bond donors (Lipinski definition) is 0. The molecule has 0 bridgehead atoms. The number of ether oxygens (including phenoxy) is 1. The average molecular weight is 345 g/mol. The molecule has 0 aliphatic carbocycles. The molecule has 25 heavy (non-hydrogen) atoms. The minimum atomic E-state index is -0.407. The van der Waals surface area contributed by atoms with Crippen LogP contribution in [-0.2, 0) is 14.3 Å². The molecule has 6 heteroatoms. The summed E-state index contributed by atoms with van der Waals surface area (Å²) in [5.41, 5.74) is 0.0896. The van der Waals surface area contributed by atoms with Gasteiger partial charge in [-0.25, -0.2) is 0 Å². The first-order chi connectivity index (χ1) is 11.6. The van der Waals surface area contributed by atoms with Gasteiger partial charge in [0.1, 0.15) is 0 Å². The van der Waals surface area contributed by atoms with Crippen LogP contribution in [0.25, 0.3) is 0 Å². The van der Waals surface area contributed by atoms with Crippen LogP contribution in [0.15, 0.2) is 24.5 Å². The number of carbonyl (C=O) groups excluding carboxylic acids is 2. The highest BCUT2D eigenvalue weighted by atomic mass is 16.5. The molecule has 3 rings (SSSR count). The number of rotatable bonds is 2. The van der Waals surface area contributed by atoms with Gasteiger partial charge in [-0.05, 0) is 39.3 Å². The van der Waals surface area contributed by atoms with Crippen molar-refractivity contribution in [1.82, 2.24) is 14.8 Å². The van der Waals surface area contributed by atoms with Crippen LogP contribution >= 0.6 is 0 Å². The van der Waals surface area contributed by atoms with Gasteiger partial charge >= 0.3 is 0 Å². The van der Waals surface area contributed by atoms with E-state index in [1.807, 2.05) is 44.7 Å². The van der Waals surface area contributed by atoms with E-state index in [-0.39, 0.29) is 30.2 Å². The van der Waals surface area contributed by atoms with Crippen LogP contribution in [0.5, 0.6) is 0 Å². The lowest BCUT2D eigenvalue weighted by atomic mass is 9.91. The van der Waals surface area contributed by atoms with Crippen molar-refractivity contribution in [2.24, 2.45) is 5.92 Å². The largest absolute Gasteiger partial charge is 0.366 e. The first kappa shape index (κ1) is 17.9. The van der Waals surface area contributed by atoms with Gasteiger partial charge in [-0.1, -0.05) is 6.07 Å². The second-order valence-corrected chi connectivity index (χ2v) is 8.36. The van der Waals surface area contributed by atoms with E-state index >= 15 is 0 Å². The van der Waals surface area contributed by atoms with E-state index in [0.29, 0.717) is 13.1 Å². The highest BCUT2D eigenvalue weighted by Crippen LogP contribution is 2.39. The SMILES string of the molecule is CN1C(=O)C[C@H](C(=O)N2CC(C)(C)OC(C)(C)C2)[C@H]1c1cccnc1. The molecule has 136 valence electrons. The fourth-order valence-corrected chi connectivity index (χ4v) is 4.28. The van der Waals surface area contributed by atoms with Gasteiger partial charge in [0, 0.05) is 39.0 Å². The molecule has 2 atom stereocenters. The van der Waals surface area contributed by atoms with Crippen LogP contribution in [0.2, 0.25) is 0 Å². The summed E-state index contributed by atoms with van der Waals surface area (Å²) in [6.07, 6.45) is 3.68. The minimum Gasteiger partial charge on any atom is -0.366 e. The summed E-state index contributed by atoms with van der Waals surface area (Å²) in [6, 6.07) is 3.51. The van der Waals surface area contributed by atoms with Crippen LogP contribution < -0.4 is 0 Å². The van der Waals surface area contributed by atoms with E-state index in [2.05, 4.69) is 4.98 Å². The molecule has 1 aromatic rings. The maximum absolute atomic E-state index is 13.3. The van der Waals surface area contributed by atoms with Gasteiger partial charge < -0.3 is 14.5 Å². The third kappa shape index (κ3) is 3.54. The number of carbonyl (C=O) groups is 2. The molecule has 0 saturated carbocycles. The Bertz CT molecular complexity index is 656. The van der Waals surface area contributed by atoms with Crippen LogP contribution in [0.4, 0.5) is 0 Å². The van der Waals surface area contributed by atoms with E-state index in [1.54, 1.807) is 24.3 Å². The van der Waals surface area contributed by atoms with E-state index in [0.717, 1.165) is 5.56 Å². The quantitative estimate of drug-likeness (QED) is 0.823. The van der Waals surface area contributed by atoms with Crippen molar-refractivity contribution in [1.29, 1.82) is 0 Å². The van der Waals surface area contributed by atoms with Crippen LogP contribution in [-0.4, -0.2) is 57.9 Å². The summed E-state index contributed by atoms with van der Waals surface area (Å²) < 4.78 is 6.08. The van der Waals surface area contributed by atoms with Crippen LogP contribution in [0.1, 0.15) is 45.7 Å². The van der Waals surface area contributed by atoms with Gasteiger partial charge in [-0.3, -0.25) is 14.6 Å². The number of aromatic nitrogens is 1. The number of pyridine rings is 1. The highest BCUT2D eigenvalue weighted by molar-refractivity contribution is 5.90. The zero-order valence-corrected chi connectivity index (χ0v) is 15.7. The minimum absolute atomic E-state index is 0.000942. The summed E-state index contributed by atoms with van der Waals surface area (Å²) >= 11 is 0. The lowest BCUT2D eigenvalue weighted by Gasteiger charge is -2.48. The molecule has 6 nitrogen and oxygen atoms in total. The molecule has 0 N–H and O–H groups in total. The number of morpholine rings is 1. The Morgan fingerprint density at radius 3 is 2.44 bits per heavy atom. The predicted molar refractivity (Wildman–Crippen MR) is 93.7 cm³/mol. The van der Waals surface area contributed by atoms with Gasteiger partial charge in [0.05, 0.1) is 23.2 Å². The van der Waals surface area contributed by atoms with Gasteiger partial charge in [0.2, 0.25) is 11.8 Å². The number of nitrogens with zero attached hydrogens (tertiary/aromatic N) is 3. The first-order valence-electron chi connectivity index (χ1n) is 8.74. The fourth-order valence-electron chi connectivity index (χ4n) is 4.28. The summed E-state index contributed by atoms with van der Waals surface area (Å²) in [5.74, 6) is -0.360. The molecule has 2 aliphatic heterocycles. The molecule has 2 saturated heterocycles. The van der Waals surface area contributed by atoms with E-state index < -0.39 is 11.2 Å². The van der Waals surface area contributed by atoms with Crippen molar-refractivity contribution in [3.63, 3.8) is 0 Å². The van der Waals surface area contributed by atoms with Crippen molar-refractivity contribution in [3.05, 3.63) is 30.1 Å². The molecule has 0 radical (unpaired) electrons. The molecular formula is C19H27N3O3. The maximum atomic E-state index is 13.3. The van der Waals surface area contributed by atoms with Crippen molar-refractivity contribution >= 4 is 11.8 Å². The predicted octanol–water partition coefficient (Wildman–Crippen LogP) is 2.02. The molecular weight excluding hydrogens is 318 g/mol. The van der Waals surface area contributed by atoms with E-state index in [1.165, 1.54) is 0 Å². The molecule has 2 fully saturated rings. The third-order valence-corrected chi connectivity index (χ3v) is 4.94. The molecule has 2 aliphatic rings. The standard InChI is InChI=1S/C19H27N3O3/c1-18(2)11-22(12-19(3,4)25-18)17(24)14-9-15(23)21(5)16(14)13-7-6-8-20-10-13/h6-8,10,14,16H,9,11-12H2,1-5H3/t14-,16+/m0/s1. The first-order valence-corrected chi connectivity index (χ1v) is 8.74. The Labute approximate surface area is 149 Å². The smallest absolute Gasteiger partial charge is 0.228 e. The van der Waals surface area contributed by atoms with Gasteiger partial charge in [-0.2, -0.15) is 0 Å². The molecule has 0 aromatic carbocycles. The number of hydrogen-bond acceptors (Lipinski definition) is 4. The Hall–Kier alpha value is -1.95. The van der Waals surface area contributed by atoms with Gasteiger partial charge in [-0.15, -0.1) is 0 Å². The fraction of sp³-hybridized carbons (Fsp3) is 0.632. The monoisotopic (exact) mass is 345 g/mol. The Morgan fingerprint density at radius 1 is 1.24 bits per heavy atom. The van der Waals surface area contributed by atoms with Crippen LogP contribution in [0, 0.1) is 5.92 Å². The van der Waals surface area contributed by atoms with E-state index in [4.69, 9.17) is 4.74 Å². The van der Waals surface area contributed by atoms with Crippen molar-refractivity contribution in [2.45, 2.75) is 51.4 Å². The second kappa shape index (κ2) is 6.09. The number of likely N-dealkylation sites (tertiary alicyclic amines) is 1. The van der Waals surface area contributed by atoms with Crippen LogP contribution in [0.3, 0.4) is 0 Å². The summed E-state index contributed by atoms with van der Waals surface area (Å²) in [6.45, 7) is 9.06. The zero-order valence-electron chi connectivity index (χ0n) is 15.7. The van der Waals surface area contributed by atoms with Crippen molar-refractivity contribution in [3.8, 4) is 0 Å². The molecule has 1 aromatic heterocycles.